The summed E-state index contributed by atoms with van der Waals surface area (Å²) in [6.45, 7) is 1.90. The Hall–Kier alpha value is -2.01. The molecule has 0 spiro atoms. The van der Waals surface area contributed by atoms with Gasteiger partial charge in [0.1, 0.15) is 0 Å². The zero-order chi connectivity index (χ0) is 14.7. The molecule has 2 aromatic rings. The highest BCUT2D eigenvalue weighted by Crippen LogP contribution is 2.30. The van der Waals surface area contributed by atoms with Gasteiger partial charge in [-0.25, -0.2) is 0 Å². The predicted molar refractivity (Wildman–Crippen MR) is 81.5 cm³/mol. The molecule has 0 unspecified atom stereocenters. The second-order valence-corrected chi connectivity index (χ2v) is 5.19. The number of carbonyl (C=O) groups is 1. The number of hydrogen-bond donors (Lipinski definition) is 2. The number of methoxy groups -OCH3 is 1. The molecule has 0 saturated carbocycles. The van der Waals surface area contributed by atoms with Gasteiger partial charge in [-0.3, -0.25) is 4.79 Å². The number of aromatic hydroxyl groups is 1. The zero-order valence-electron chi connectivity index (χ0n) is 11.1. The van der Waals surface area contributed by atoms with Crippen LogP contribution in [0.3, 0.4) is 0 Å². The van der Waals surface area contributed by atoms with Gasteiger partial charge in [0, 0.05) is 10.2 Å². The van der Waals surface area contributed by atoms with E-state index in [1.165, 1.54) is 7.11 Å². The van der Waals surface area contributed by atoms with Crippen molar-refractivity contribution in [3.8, 4) is 11.5 Å². The highest BCUT2D eigenvalue weighted by molar-refractivity contribution is 9.10. The van der Waals surface area contributed by atoms with Crippen LogP contribution in [-0.4, -0.2) is 18.1 Å². The van der Waals surface area contributed by atoms with Gasteiger partial charge in [-0.05, 0) is 36.8 Å². The van der Waals surface area contributed by atoms with Crippen molar-refractivity contribution in [2.75, 3.05) is 12.4 Å². The van der Waals surface area contributed by atoms with E-state index in [9.17, 15) is 9.90 Å². The number of hydrogen-bond acceptors (Lipinski definition) is 3. The Morgan fingerprint density at radius 1 is 1.30 bits per heavy atom. The topological polar surface area (TPSA) is 58.6 Å². The zero-order valence-corrected chi connectivity index (χ0v) is 12.7. The highest BCUT2D eigenvalue weighted by atomic mass is 79.9. The molecule has 2 rings (SSSR count). The van der Waals surface area contributed by atoms with E-state index in [1.54, 1.807) is 18.2 Å². The van der Waals surface area contributed by atoms with Crippen molar-refractivity contribution in [1.29, 1.82) is 0 Å². The van der Waals surface area contributed by atoms with Gasteiger partial charge in [0.05, 0.1) is 12.7 Å². The molecule has 1 amide bonds. The van der Waals surface area contributed by atoms with Crippen LogP contribution in [0, 0.1) is 6.92 Å². The average Bonchev–Trinajstić information content (AvgIpc) is 2.43. The van der Waals surface area contributed by atoms with Crippen molar-refractivity contribution in [2.24, 2.45) is 0 Å². The Balaban J connectivity index is 2.31. The van der Waals surface area contributed by atoms with E-state index in [4.69, 9.17) is 4.74 Å². The second kappa shape index (κ2) is 5.96. The Morgan fingerprint density at radius 3 is 2.75 bits per heavy atom. The van der Waals surface area contributed by atoms with Crippen LogP contribution in [0.2, 0.25) is 0 Å². The number of phenolic OH excluding ortho intramolecular Hbond substituents is 1. The van der Waals surface area contributed by atoms with Crippen LogP contribution in [0.1, 0.15) is 15.9 Å². The number of aryl methyl sites for hydroxylation is 1. The van der Waals surface area contributed by atoms with E-state index in [2.05, 4.69) is 21.2 Å². The van der Waals surface area contributed by atoms with Gasteiger partial charge in [0.15, 0.2) is 11.5 Å². The maximum Gasteiger partial charge on any atom is 0.259 e. The number of benzene rings is 2. The van der Waals surface area contributed by atoms with Gasteiger partial charge in [-0.15, -0.1) is 0 Å². The Kier molecular flexibility index (Phi) is 4.29. The van der Waals surface area contributed by atoms with Gasteiger partial charge < -0.3 is 15.2 Å². The van der Waals surface area contributed by atoms with E-state index < -0.39 is 0 Å². The summed E-state index contributed by atoms with van der Waals surface area (Å²) in [6.07, 6.45) is 0. The van der Waals surface area contributed by atoms with Crippen molar-refractivity contribution in [2.45, 2.75) is 6.92 Å². The van der Waals surface area contributed by atoms with Crippen LogP contribution in [0.15, 0.2) is 40.9 Å². The van der Waals surface area contributed by atoms with Crippen LogP contribution in [0.4, 0.5) is 5.69 Å². The monoisotopic (exact) mass is 335 g/mol. The molecule has 0 saturated heterocycles. The normalized spacial score (nSPS) is 10.2. The molecule has 0 atom stereocenters. The largest absolute Gasteiger partial charge is 0.504 e. The summed E-state index contributed by atoms with van der Waals surface area (Å²) in [7, 11) is 1.44. The molecule has 0 aliphatic rings. The maximum atomic E-state index is 12.2. The summed E-state index contributed by atoms with van der Waals surface area (Å²) in [5.41, 5.74) is 1.79. The number of halogens is 1. The Labute approximate surface area is 125 Å². The van der Waals surface area contributed by atoms with Crippen molar-refractivity contribution < 1.29 is 14.6 Å². The number of carbonyl (C=O) groups excluding carboxylic acids is 1. The summed E-state index contributed by atoms with van der Waals surface area (Å²) in [4.78, 5) is 12.2. The fourth-order valence-electron chi connectivity index (χ4n) is 1.79. The predicted octanol–water partition coefficient (Wildman–Crippen LogP) is 3.72. The van der Waals surface area contributed by atoms with Crippen LogP contribution < -0.4 is 10.1 Å². The lowest BCUT2D eigenvalue weighted by Crippen LogP contribution is -2.13. The van der Waals surface area contributed by atoms with Crippen LogP contribution >= 0.6 is 15.9 Å². The number of para-hydroxylation sites is 1. The Morgan fingerprint density at radius 2 is 2.05 bits per heavy atom. The third-order valence-corrected chi connectivity index (χ3v) is 3.40. The molecule has 2 aromatic carbocycles. The summed E-state index contributed by atoms with van der Waals surface area (Å²) < 4.78 is 5.86. The summed E-state index contributed by atoms with van der Waals surface area (Å²) >= 11 is 3.36. The van der Waals surface area contributed by atoms with Gasteiger partial charge in [-0.2, -0.15) is 0 Å². The molecule has 0 fully saturated rings. The van der Waals surface area contributed by atoms with E-state index in [0.717, 1.165) is 10.0 Å². The quantitative estimate of drug-likeness (QED) is 0.898. The molecule has 2 N–H and O–H groups in total. The second-order valence-electron chi connectivity index (χ2n) is 4.27. The van der Waals surface area contributed by atoms with Crippen molar-refractivity contribution in [3.05, 3.63) is 52.0 Å². The fourth-order valence-corrected chi connectivity index (χ4v) is 2.15. The number of amides is 1. The van der Waals surface area contributed by atoms with E-state index in [1.807, 2.05) is 25.1 Å². The van der Waals surface area contributed by atoms with Crippen LogP contribution in [0.25, 0.3) is 0 Å². The Bertz CT molecular complexity index is 656. The molecule has 0 aliphatic heterocycles. The summed E-state index contributed by atoms with van der Waals surface area (Å²) in [5, 5.41) is 12.7. The SMILES string of the molecule is COc1cccc(C(=O)Nc2cc(Br)ccc2C)c1O. The number of rotatable bonds is 3. The van der Waals surface area contributed by atoms with E-state index in [-0.39, 0.29) is 23.0 Å². The molecular weight excluding hydrogens is 322 g/mol. The maximum absolute atomic E-state index is 12.2. The molecule has 104 valence electrons. The van der Waals surface area contributed by atoms with Gasteiger partial charge in [-0.1, -0.05) is 28.1 Å². The van der Waals surface area contributed by atoms with Gasteiger partial charge in [0.2, 0.25) is 0 Å². The third kappa shape index (κ3) is 2.93. The average molecular weight is 336 g/mol. The molecule has 5 heteroatoms. The molecule has 0 bridgehead atoms. The molecule has 0 aromatic heterocycles. The first-order chi connectivity index (χ1) is 9.52. The lowest BCUT2D eigenvalue weighted by molar-refractivity contribution is 0.102. The fraction of sp³-hybridized carbons (Fsp3) is 0.133. The lowest BCUT2D eigenvalue weighted by atomic mass is 10.1. The number of nitrogens with one attached hydrogen (secondary N) is 1. The van der Waals surface area contributed by atoms with Crippen LogP contribution in [-0.2, 0) is 0 Å². The van der Waals surface area contributed by atoms with Crippen molar-refractivity contribution in [1.82, 2.24) is 0 Å². The molecule has 0 aliphatic carbocycles. The van der Waals surface area contributed by atoms with Crippen molar-refractivity contribution >= 4 is 27.5 Å². The standard InChI is InChI=1S/C15H14BrNO3/c1-9-6-7-10(16)8-12(9)17-15(19)11-4-3-5-13(20-2)14(11)18/h3-8,18H,1-2H3,(H,17,19). The first-order valence-corrected chi connectivity index (χ1v) is 6.75. The minimum Gasteiger partial charge on any atom is -0.504 e. The number of ether oxygens (including phenoxy) is 1. The molecule has 4 nitrogen and oxygen atoms in total. The van der Waals surface area contributed by atoms with E-state index >= 15 is 0 Å². The summed E-state index contributed by atoms with van der Waals surface area (Å²) in [6, 6.07) is 10.4. The minimum absolute atomic E-state index is 0.167. The smallest absolute Gasteiger partial charge is 0.259 e. The first kappa shape index (κ1) is 14.4. The molecule has 0 radical (unpaired) electrons. The molecule has 0 heterocycles. The number of anilines is 1. The minimum atomic E-state index is -0.386. The van der Waals surface area contributed by atoms with Gasteiger partial charge in [0.25, 0.3) is 5.91 Å². The third-order valence-electron chi connectivity index (χ3n) is 2.91. The number of phenols is 1. The highest BCUT2D eigenvalue weighted by Gasteiger charge is 2.15. The molecular formula is C15H14BrNO3. The van der Waals surface area contributed by atoms with E-state index in [0.29, 0.717) is 5.69 Å². The van der Waals surface area contributed by atoms with Crippen LogP contribution in [0.5, 0.6) is 11.5 Å². The van der Waals surface area contributed by atoms with Crippen molar-refractivity contribution in [3.63, 3.8) is 0 Å². The molecule has 20 heavy (non-hydrogen) atoms. The summed E-state index contributed by atoms with van der Waals surface area (Å²) in [5.74, 6) is -0.286. The van der Waals surface area contributed by atoms with Gasteiger partial charge >= 0.3 is 0 Å². The first-order valence-electron chi connectivity index (χ1n) is 5.96. The lowest BCUT2D eigenvalue weighted by Gasteiger charge is -2.11.